The van der Waals surface area contributed by atoms with Gasteiger partial charge in [0, 0.05) is 29.1 Å². The predicted molar refractivity (Wildman–Crippen MR) is 108 cm³/mol. The maximum absolute atomic E-state index is 13.9. The summed E-state index contributed by atoms with van der Waals surface area (Å²) in [6, 6.07) is 21.5. The minimum Gasteiger partial charge on any atom is -0.331 e. The number of benzene rings is 3. The Morgan fingerprint density at radius 1 is 0.852 bits per heavy atom. The molecule has 4 heteroatoms. The zero-order valence-electron chi connectivity index (χ0n) is 15.1. The van der Waals surface area contributed by atoms with E-state index in [4.69, 9.17) is 0 Å². The topological polar surface area (TPSA) is 22.8 Å². The smallest absolute Gasteiger partial charge is 0.123 e. The van der Waals surface area contributed by atoms with Gasteiger partial charge in [-0.1, -0.05) is 30.3 Å². The highest BCUT2D eigenvalue weighted by Crippen LogP contribution is 2.33. The number of fused-ring (bicyclic) bond motifs is 3. The van der Waals surface area contributed by atoms with Gasteiger partial charge < -0.3 is 9.13 Å². The third-order valence-electron chi connectivity index (χ3n) is 5.26. The Kier molecular flexibility index (Phi) is 3.41. The normalized spacial score (nSPS) is 11.5. The van der Waals surface area contributed by atoms with Crippen molar-refractivity contribution in [2.75, 3.05) is 0 Å². The largest absolute Gasteiger partial charge is 0.331 e. The van der Waals surface area contributed by atoms with Crippen molar-refractivity contribution in [1.82, 2.24) is 14.1 Å². The van der Waals surface area contributed by atoms with Crippen molar-refractivity contribution in [3.8, 4) is 16.9 Å². The molecule has 0 fully saturated rings. The summed E-state index contributed by atoms with van der Waals surface area (Å²) in [5.74, 6) is 0.757. The summed E-state index contributed by atoms with van der Waals surface area (Å²) in [5.41, 5.74) is 5.28. The highest BCUT2D eigenvalue weighted by atomic mass is 19.1. The molecule has 0 aliphatic heterocycles. The van der Waals surface area contributed by atoms with Crippen LogP contribution in [-0.2, 0) is 7.05 Å². The lowest BCUT2D eigenvalue weighted by Gasteiger charge is -2.10. The summed E-state index contributed by atoms with van der Waals surface area (Å²) in [5, 5.41) is 1.97. The van der Waals surface area contributed by atoms with E-state index >= 15 is 0 Å². The summed E-state index contributed by atoms with van der Waals surface area (Å²) < 4.78 is 18.2. The Balaban J connectivity index is 1.81. The van der Waals surface area contributed by atoms with E-state index in [2.05, 4.69) is 44.5 Å². The van der Waals surface area contributed by atoms with Gasteiger partial charge in [0.2, 0.25) is 0 Å². The maximum atomic E-state index is 13.9. The molecule has 3 nitrogen and oxygen atoms in total. The van der Waals surface area contributed by atoms with Crippen molar-refractivity contribution in [3.63, 3.8) is 0 Å². The summed E-state index contributed by atoms with van der Waals surface area (Å²) in [6.07, 6.45) is 1.90. The fraction of sp³-hybridized carbons (Fsp3) is 0.0870. The lowest BCUT2D eigenvalue weighted by atomic mass is 10.1. The van der Waals surface area contributed by atoms with Crippen LogP contribution in [0.5, 0.6) is 0 Å². The highest BCUT2D eigenvalue weighted by molar-refractivity contribution is 6.09. The van der Waals surface area contributed by atoms with E-state index in [0.717, 1.165) is 44.6 Å². The molecule has 5 rings (SSSR count). The molecule has 3 aromatic carbocycles. The molecule has 132 valence electrons. The molecule has 0 aliphatic rings. The molecule has 0 N–H and O–H groups in total. The average Bonchev–Trinajstić information content (AvgIpc) is 3.19. The number of hydrogen-bond donors (Lipinski definition) is 0. The SMILES string of the molecule is Cc1ncc(-c2cccc(-n3c4ccccc4c4cc(F)ccc43)c2)n1C. The molecule has 0 radical (unpaired) electrons. The molecule has 2 heterocycles. The molecular formula is C23H18FN3. The van der Waals surface area contributed by atoms with Crippen LogP contribution in [-0.4, -0.2) is 14.1 Å². The molecule has 0 saturated carbocycles. The molecule has 27 heavy (non-hydrogen) atoms. The van der Waals surface area contributed by atoms with Gasteiger partial charge in [-0.05, 0) is 43.3 Å². The first-order valence-corrected chi connectivity index (χ1v) is 8.91. The van der Waals surface area contributed by atoms with Crippen molar-refractivity contribution in [3.05, 3.63) is 84.6 Å². The molecule has 0 unspecified atom stereocenters. The van der Waals surface area contributed by atoms with Crippen molar-refractivity contribution in [1.29, 1.82) is 0 Å². The monoisotopic (exact) mass is 355 g/mol. The minimum absolute atomic E-state index is 0.218. The van der Waals surface area contributed by atoms with Gasteiger partial charge in [0.25, 0.3) is 0 Å². The van der Waals surface area contributed by atoms with E-state index < -0.39 is 0 Å². The number of halogens is 1. The van der Waals surface area contributed by atoms with Crippen LogP contribution in [0.15, 0.2) is 72.9 Å². The van der Waals surface area contributed by atoms with Crippen molar-refractivity contribution < 1.29 is 4.39 Å². The van der Waals surface area contributed by atoms with E-state index in [1.165, 1.54) is 6.07 Å². The van der Waals surface area contributed by atoms with Crippen LogP contribution < -0.4 is 0 Å². The van der Waals surface area contributed by atoms with Gasteiger partial charge in [-0.3, -0.25) is 0 Å². The second kappa shape index (κ2) is 5.81. The van der Waals surface area contributed by atoms with Crippen LogP contribution in [0.1, 0.15) is 5.82 Å². The van der Waals surface area contributed by atoms with Crippen molar-refractivity contribution in [2.45, 2.75) is 6.92 Å². The van der Waals surface area contributed by atoms with E-state index in [9.17, 15) is 4.39 Å². The van der Waals surface area contributed by atoms with Crippen LogP contribution in [0.3, 0.4) is 0 Å². The van der Waals surface area contributed by atoms with Gasteiger partial charge in [0.05, 0.1) is 22.9 Å². The molecule has 0 aliphatic carbocycles. The van der Waals surface area contributed by atoms with E-state index in [1.807, 2.05) is 44.4 Å². The van der Waals surface area contributed by atoms with Crippen LogP contribution in [0.4, 0.5) is 4.39 Å². The summed E-state index contributed by atoms with van der Waals surface area (Å²) in [4.78, 5) is 4.41. The van der Waals surface area contributed by atoms with Crippen molar-refractivity contribution in [2.24, 2.45) is 7.05 Å². The zero-order valence-corrected chi connectivity index (χ0v) is 15.1. The molecule has 5 aromatic rings. The summed E-state index contributed by atoms with van der Waals surface area (Å²) in [7, 11) is 2.02. The first-order valence-electron chi connectivity index (χ1n) is 8.91. The Morgan fingerprint density at radius 3 is 2.48 bits per heavy atom. The molecule has 0 bridgehead atoms. The van der Waals surface area contributed by atoms with E-state index in [1.54, 1.807) is 6.07 Å². The Labute approximate surface area is 156 Å². The number of aryl methyl sites for hydroxylation is 1. The quantitative estimate of drug-likeness (QED) is 0.402. The molecule has 0 spiro atoms. The van der Waals surface area contributed by atoms with Gasteiger partial charge in [-0.15, -0.1) is 0 Å². The molecular weight excluding hydrogens is 337 g/mol. The summed E-state index contributed by atoms with van der Waals surface area (Å²) >= 11 is 0. The first kappa shape index (κ1) is 15.8. The predicted octanol–water partition coefficient (Wildman–Crippen LogP) is 5.63. The lowest BCUT2D eigenvalue weighted by Crippen LogP contribution is -1.97. The Hall–Kier alpha value is -3.40. The van der Waals surface area contributed by atoms with Crippen LogP contribution >= 0.6 is 0 Å². The molecule has 2 aromatic heterocycles. The molecule has 0 amide bonds. The van der Waals surface area contributed by atoms with Crippen molar-refractivity contribution >= 4 is 21.8 Å². The fourth-order valence-electron chi connectivity index (χ4n) is 3.80. The standard InChI is InChI=1S/C23H18FN3/c1-15-25-14-23(26(15)2)16-6-5-7-18(12-16)27-21-9-4-3-8-19(21)20-13-17(24)10-11-22(20)27/h3-14H,1-2H3. The Bertz CT molecular complexity index is 1310. The second-order valence-electron chi connectivity index (χ2n) is 6.81. The van der Waals surface area contributed by atoms with Gasteiger partial charge in [0.15, 0.2) is 0 Å². The number of aromatic nitrogens is 3. The number of imidazole rings is 1. The lowest BCUT2D eigenvalue weighted by molar-refractivity contribution is 0.629. The third-order valence-corrected chi connectivity index (χ3v) is 5.26. The number of para-hydroxylation sites is 1. The van der Waals surface area contributed by atoms with Crippen LogP contribution in [0.2, 0.25) is 0 Å². The summed E-state index contributed by atoms with van der Waals surface area (Å²) in [6.45, 7) is 1.99. The number of nitrogens with zero attached hydrogens (tertiary/aromatic N) is 3. The van der Waals surface area contributed by atoms with Gasteiger partial charge in [-0.2, -0.15) is 0 Å². The van der Waals surface area contributed by atoms with Gasteiger partial charge in [-0.25, -0.2) is 9.37 Å². The second-order valence-corrected chi connectivity index (χ2v) is 6.81. The highest BCUT2D eigenvalue weighted by Gasteiger charge is 2.14. The Morgan fingerprint density at radius 2 is 1.67 bits per heavy atom. The van der Waals surface area contributed by atoms with Gasteiger partial charge in [0.1, 0.15) is 11.6 Å². The van der Waals surface area contributed by atoms with Gasteiger partial charge >= 0.3 is 0 Å². The van der Waals surface area contributed by atoms with E-state index in [-0.39, 0.29) is 5.82 Å². The fourth-order valence-corrected chi connectivity index (χ4v) is 3.80. The average molecular weight is 355 g/mol. The van der Waals surface area contributed by atoms with Crippen LogP contribution in [0, 0.1) is 12.7 Å². The minimum atomic E-state index is -0.218. The van der Waals surface area contributed by atoms with Crippen LogP contribution in [0.25, 0.3) is 38.8 Å². The first-order chi connectivity index (χ1) is 13.1. The molecule has 0 saturated heterocycles. The number of hydrogen-bond acceptors (Lipinski definition) is 1. The third kappa shape index (κ3) is 2.37. The van der Waals surface area contributed by atoms with E-state index in [0.29, 0.717) is 0 Å². The molecule has 0 atom stereocenters. The maximum Gasteiger partial charge on any atom is 0.123 e. The number of rotatable bonds is 2. The zero-order chi connectivity index (χ0) is 18.5.